The van der Waals surface area contributed by atoms with Gasteiger partial charge in [0.05, 0.1) is 6.61 Å². The summed E-state index contributed by atoms with van der Waals surface area (Å²) in [6, 6.07) is 2.03. The van der Waals surface area contributed by atoms with Gasteiger partial charge in [-0.1, -0.05) is 0 Å². The van der Waals surface area contributed by atoms with Crippen molar-refractivity contribution in [1.82, 2.24) is 0 Å². The summed E-state index contributed by atoms with van der Waals surface area (Å²) in [4.78, 5) is 10.2. The summed E-state index contributed by atoms with van der Waals surface area (Å²) < 4.78 is 5.37. The Kier molecular flexibility index (Phi) is 5.25. The molecule has 3 nitrogen and oxygen atoms in total. The Morgan fingerprint density at radius 1 is 1.50 bits per heavy atom. The first kappa shape index (κ1) is 11.2. The molecule has 0 aliphatic rings. The Morgan fingerprint density at radius 3 is 3.00 bits per heavy atom. The largest absolute Gasteiger partial charge is 0.481 e. The van der Waals surface area contributed by atoms with E-state index in [1.54, 1.807) is 11.3 Å². The molecular formula is C10H14O3S. The molecule has 1 aromatic heterocycles. The van der Waals surface area contributed by atoms with Crippen LogP contribution in [0, 0.1) is 0 Å². The summed E-state index contributed by atoms with van der Waals surface area (Å²) in [5.74, 6) is -0.733. The van der Waals surface area contributed by atoms with Crippen LogP contribution in [0.5, 0.6) is 0 Å². The van der Waals surface area contributed by atoms with Crippen molar-refractivity contribution in [2.24, 2.45) is 0 Å². The lowest BCUT2D eigenvalue weighted by molar-refractivity contribution is -0.137. The zero-order chi connectivity index (χ0) is 10.2. The molecular weight excluding hydrogens is 200 g/mol. The van der Waals surface area contributed by atoms with Gasteiger partial charge in [0.2, 0.25) is 0 Å². The van der Waals surface area contributed by atoms with Crippen LogP contribution in [0.25, 0.3) is 0 Å². The van der Waals surface area contributed by atoms with Crippen LogP contribution in [-0.4, -0.2) is 17.7 Å². The highest BCUT2D eigenvalue weighted by molar-refractivity contribution is 7.07. The van der Waals surface area contributed by atoms with Gasteiger partial charge in [0.15, 0.2) is 0 Å². The molecule has 0 unspecified atom stereocenters. The van der Waals surface area contributed by atoms with Crippen LogP contribution in [0.4, 0.5) is 0 Å². The number of unbranched alkanes of at least 4 members (excludes halogenated alkanes) is 1. The fraction of sp³-hybridized carbons (Fsp3) is 0.500. The maximum atomic E-state index is 10.2. The zero-order valence-corrected chi connectivity index (χ0v) is 8.76. The molecule has 0 saturated carbocycles. The van der Waals surface area contributed by atoms with E-state index in [1.165, 1.54) is 5.56 Å². The maximum absolute atomic E-state index is 10.2. The number of carboxylic acids is 1. The van der Waals surface area contributed by atoms with Gasteiger partial charge in [-0.2, -0.15) is 11.3 Å². The fourth-order valence-electron chi connectivity index (χ4n) is 1.05. The molecule has 0 amide bonds. The predicted octanol–water partition coefficient (Wildman–Crippen LogP) is 2.52. The first-order valence-corrected chi connectivity index (χ1v) is 5.54. The summed E-state index contributed by atoms with van der Waals surface area (Å²) >= 11 is 1.65. The van der Waals surface area contributed by atoms with E-state index in [0.717, 1.165) is 6.42 Å². The van der Waals surface area contributed by atoms with Crippen LogP contribution in [0.2, 0.25) is 0 Å². The smallest absolute Gasteiger partial charge is 0.303 e. The Labute approximate surface area is 87.3 Å². The van der Waals surface area contributed by atoms with Gasteiger partial charge in [0.1, 0.15) is 0 Å². The topological polar surface area (TPSA) is 46.5 Å². The van der Waals surface area contributed by atoms with Gasteiger partial charge in [-0.05, 0) is 35.2 Å². The number of ether oxygens (including phenoxy) is 1. The van der Waals surface area contributed by atoms with Crippen LogP contribution in [-0.2, 0) is 16.1 Å². The second kappa shape index (κ2) is 6.56. The first-order chi connectivity index (χ1) is 6.79. The van der Waals surface area contributed by atoms with E-state index in [9.17, 15) is 4.79 Å². The van der Waals surface area contributed by atoms with Crippen molar-refractivity contribution in [3.05, 3.63) is 22.4 Å². The van der Waals surface area contributed by atoms with E-state index in [2.05, 4.69) is 5.38 Å². The number of hydrogen-bond donors (Lipinski definition) is 1. The number of aliphatic carboxylic acids is 1. The summed E-state index contributed by atoms with van der Waals surface area (Å²) in [5.41, 5.74) is 1.19. The predicted molar refractivity (Wildman–Crippen MR) is 55.5 cm³/mol. The molecule has 0 bridgehead atoms. The van der Waals surface area contributed by atoms with Crippen molar-refractivity contribution in [3.63, 3.8) is 0 Å². The van der Waals surface area contributed by atoms with Gasteiger partial charge >= 0.3 is 5.97 Å². The van der Waals surface area contributed by atoms with E-state index in [4.69, 9.17) is 9.84 Å². The van der Waals surface area contributed by atoms with E-state index >= 15 is 0 Å². The van der Waals surface area contributed by atoms with E-state index < -0.39 is 5.97 Å². The molecule has 14 heavy (non-hydrogen) atoms. The SMILES string of the molecule is O=C(O)CCCCOCc1ccsc1. The minimum Gasteiger partial charge on any atom is -0.481 e. The summed E-state index contributed by atoms with van der Waals surface area (Å²) in [6.45, 7) is 1.28. The van der Waals surface area contributed by atoms with Gasteiger partial charge in [-0.25, -0.2) is 0 Å². The van der Waals surface area contributed by atoms with Crippen LogP contribution in [0.1, 0.15) is 24.8 Å². The van der Waals surface area contributed by atoms with E-state index in [-0.39, 0.29) is 6.42 Å². The van der Waals surface area contributed by atoms with Crippen LogP contribution in [0.3, 0.4) is 0 Å². The molecule has 0 aliphatic heterocycles. The number of carboxylic acid groups (broad SMARTS) is 1. The van der Waals surface area contributed by atoms with Gasteiger partial charge in [-0.3, -0.25) is 4.79 Å². The number of rotatable bonds is 7. The molecule has 1 aromatic rings. The lowest BCUT2D eigenvalue weighted by Crippen LogP contribution is -1.98. The Balaban J connectivity index is 1.92. The minimum atomic E-state index is -0.733. The molecule has 0 fully saturated rings. The third kappa shape index (κ3) is 4.99. The monoisotopic (exact) mass is 214 g/mol. The zero-order valence-electron chi connectivity index (χ0n) is 7.94. The molecule has 0 radical (unpaired) electrons. The lowest BCUT2D eigenvalue weighted by Gasteiger charge is -2.01. The average Bonchev–Trinajstić information content (AvgIpc) is 2.63. The molecule has 0 spiro atoms. The number of carbonyl (C=O) groups is 1. The summed E-state index contributed by atoms with van der Waals surface area (Å²) in [7, 11) is 0. The van der Waals surface area contributed by atoms with Crippen LogP contribution in [0.15, 0.2) is 16.8 Å². The van der Waals surface area contributed by atoms with Crippen molar-refractivity contribution in [1.29, 1.82) is 0 Å². The highest BCUT2D eigenvalue weighted by Crippen LogP contribution is 2.07. The average molecular weight is 214 g/mol. The Hall–Kier alpha value is -0.870. The number of thiophene rings is 1. The van der Waals surface area contributed by atoms with Crippen molar-refractivity contribution < 1.29 is 14.6 Å². The second-order valence-corrected chi connectivity index (χ2v) is 3.82. The van der Waals surface area contributed by atoms with Crippen molar-refractivity contribution >= 4 is 17.3 Å². The van der Waals surface area contributed by atoms with E-state index in [1.807, 2.05) is 11.4 Å². The van der Waals surface area contributed by atoms with Crippen molar-refractivity contribution in [3.8, 4) is 0 Å². The molecule has 1 N–H and O–H groups in total. The number of hydrogen-bond acceptors (Lipinski definition) is 3. The first-order valence-electron chi connectivity index (χ1n) is 4.59. The van der Waals surface area contributed by atoms with Crippen LogP contribution >= 0.6 is 11.3 Å². The Morgan fingerprint density at radius 2 is 2.36 bits per heavy atom. The summed E-state index contributed by atoms with van der Waals surface area (Å²) in [5, 5.41) is 12.5. The van der Waals surface area contributed by atoms with Gasteiger partial charge in [0.25, 0.3) is 0 Å². The molecule has 1 heterocycles. The fourth-order valence-corrected chi connectivity index (χ4v) is 1.70. The summed E-state index contributed by atoms with van der Waals surface area (Å²) in [6.07, 6.45) is 1.75. The minimum absolute atomic E-state index is 0.238. The van der Waals surface area contributed by atoms with Gasteiger partial charge in [-0.15, -0.1) is 0 Å². The third-order valence-electron chi connectivity index (χ3n) is 1.78. The quantitative estimate of drug-likeness (QED) is 0.709. The normalized spacial score (nSPS) is 10.3. The maximum Gasteiger partial charge on any atom is 0.303 e. The van der Waals surface area contributed by atoms with Gasteiger partial charge in [0, 0.05) is 13.0 Å². The molecule has 0 aromatic carbocycles. The molecule has 1 rings (SSSR count). The third-order valence-corrected chi connectivity index (χ3v) is 2.51. The standard InChI is InChI=1S/C10H14O3S/c11-10(12)3-1-2-5-13-7-9-4-6-14-8-9/h4,6,8H,1-3,5,7H2,(H,11,12). The molecule has 0 saturated heterocycles. The van der Waals surface area contributed by atoms with Crippen molar-refractivity contribution in [2.75, 3.05) is 6.61 Å². The van der Waals surface area contributed by atoms with Crippen molar-refractivity contribution in [2.45, 2.75) is 25.9 Å². The van der Waals surface area contributed by atoms with Crippen LogP contribution < -0.4 is 0 Å². The van der Waals surface area contributed by atoms with Gasteiger partial charge < -0.3 is 9.84 Å². The highest BCUT2D eigenvalue weighted by atomic mass is 32.1. The van der Waals surface area contributed by atoms with E-state index in [0.29, 0.717) is 19.6 Å². The lowest BCUT2D eigenvalue weighted by atomic mass is 10.2. The Bertz CT molecular complexity index is 256. The highest BCUT2D eigenvalue weighted by Gasteiger charge is 1.97. The molecule has 0 atom stereocenters. The molecule has 0 aliphatic carbocycles. The molecule has 4 heteroatoms. The molecule has 78 valence electrons. The second-order valence-electron chi connectivity index (χ2n) is 3.04.